The molecule has 0 aliphatic heterocycles. The van der Waals surface area contributed by atoms with Crippen molar-refractivity contribution < 1.29 is 4.42 Å². The van der Waals surface area contributed by atoms with Gasteiger partial charge in [0.15, 0.2) is 11.7 Å². The number of H-pyrrole nitrogens is 1. The molecule has 134 valence electrons. The summed E-state index contributed by atoms with van der Waals surface area (Å²) >= 11 is 0. The number of unbranched alkanes of at least 4 members (excludes halogenated alkanes) is 1. The molecule has 2 aromatic heterocycles. The summed E-state index contributed by atoms with van der Waals surface area (Å²) in [5, 5.41) is 13.6. The van der Waals surface area contributed by atoms with E-state index in [0.29, 0.717) is 18.1 Å². The highest BCUT2D eigenvalue weighted by atomic mass is 127. The fraction of sp³-hybridized carbons (Fsp3) is 0.562. The Morgan fingerprint density at radius 3 is 2.83 bits per heavy atom. The molecule has 24 heavy (non-hydrogen) atoms. The Kier molecular flexibility index (Phi) is 9.43. The lowest BCUT2D eigenvalue weighted by Gasteiger charge is -2.11. The van der Waals surface area contributed by atoms with Gasteiger partial charge < -0.3 is 15.1 Å². The highest BCUT2D eigenvalue weighted by Crippen LogP contribution is 2.14. The van der Waals surface area contributed by atoms with Crippen LogP contribution in [0.5, 0.6) is 0 Å². The lowest BCUT2D eigenvalue weighted by Crippen LogP contribution is -2.37. The summed E-state index contributed by atoms with van der Waals surface area (Å²) in [5.41, 5.74) is 0. The Morgan fingerprint density at radius 2 is 2.17 bits per heavy atom. The fourth-order valence-corrected chi connectivity index (χ4v) is 2.16. The van der Waals surface area contributed by atoms with E-state index in [1.807, 2.05) is 12.1 Å². The number of aromatic amines is 1. The maximum absolute atomic E-state index is 5.27. The van der Waals surface area contributed by atoms with Crippen LogP contribution < -0.4 is 10.6 Å². The zero-order valence-corrected chi connectivity index (χ0v) is 16.8. The van der Waals surface area contributed by atoms with Crippen LogP contribution in [0.1, 0.15) is 38.9 Å². The summed E-state index contributed by atoms with van der Waals surface area (Å²) in [4.78, 5) is 8.59. The molecule has 2 rings (SSSR count). The number of guanidine groups is 1. The van der Waals surface area contributed by atoms with Crippen molar-refractivity contribution in [3.63, 3.8) is 0 Å². The number of halogens is 1. The van der Waals surface area contributed by atoms with E-state index in [4.69, 9.17) is 4.42 Å². The van der Waals surface area contributed by atoms with Crippen molar-refractivity contribution in [3.8, 4) is 11.6 Å². The second-order valence-corrected chi connectivity index (χ2v) is 5.83. The van der Waals surface area contributed by atoms with Crippen molar-refractivity contribution in [2.75, 3.05) is 13.6 Å². The van der Waals surface area contributed by atoms with Crippen LogP contribution in [0.4, 0.5) is 0 Å². The van der Waals surface area contributed by atoms with Crippen molar-refractivity contribution in [1.82, 2.24) is 25.8 Å². The van der Waals surface area contributed by atoms with Gasteiger partial charge in [0.25, 0.3) is 0 Å². The van der Waals surface area contributed by atoms with E-state index in [0.717, 1.165) is 30.7 Å². The lowest BCUT2D eigenvalue weighted by molar-refractivity contribution is 0.534. The van der Waals surface area contributed by atoms with Crippen molar-refractivity contribution in [2.24, 2.45) is 10.9 Å². The minimum atomic E-state index is 0. The van der Waals surface area contributed by atoms with E-state index < -0.39 is 0 Å². The van der Waals surface area contributed by atoms with Gasteiger partial charge in [0.2, 0.25) is 5.82 Å². The molecule has 0 saturated carbocycles. The van der Waals surface area contributed by atoms with Crippen molar-refractivity contribution in [2.45, 2.75) is 39.7 Å². The molecular formula is C16H27IN6O. The largest absolute Gasteiger partial charge is 0.461 e. The number of hydrogen-bond acceptors (Lipinski definition) is 4. The second-order valence-electron chi connectivity index (χ2n) is 5.83. The van der Waals surface area contributed by atoms with Crippen molar-refractivity contribution >= 4 is 29.9 Å². The Bertz CT molecular complexity index is 593. The highest BCUT2D eigenvalue weighted by molar-refractivity contribution is 14.0. The molecule has 3 N–H and O–H groups in total. The third-order valence-corrected chi connectivity index (χ3v) is 3.42. The first-order valence-corrected chi connectivity index (χ1v) is 8.08. The summed E-state index contributed by atoms with van der Waals surface area (Å²) in [5.74, 6) is 3.48. The third-order valence-electron chi connectivity index (χ3n) is 3.42. The molecule has 0 aromatic carbocycles. The minimum absolute atomic E-state index is 0. The highest BCUT2D eigenvalue weighted by Gasteiger charge is 2.08. The average molecular weight is 446 g/mol. The first kappa shape index (κ1) is 20.5. The van der Waals surface area contributed by atoms with Crippen molar-refractivity contribution in [3.05, 3.63) is 24.2 Å². The van der Waals surface area contributed by atoms with Gasteiger partial charge in [-0.15, -0.1) is 29.1 Å². The molecule has 8 heteroatoms. The quantitative estimate of drug-likeness (QED) is 0.251. The van der Waals surface area contributed by atoms with Crippen LogP contribution in [0.25, 0.3) is 11.6 Å². The molecule has 0 aliphatic carbocycles. The topological polar surface area (TPSA) is 91.1 Å². The van der Waals surface area contributed by atoms with Gasteiger partial charge in [-0.25, -0.2) is 4.98 Å². The van der Waals surface area contributed by atoms with E-state index in [9.17, 15) is 0 Å². The Hall–Kier alpha value is -1.58. The molecular weight excluding hydrogens is 419 g/mol. The van der Waals surface area contributed by atoms with Gasteiger partial charge in [-0.3, -0.25) is 10.1 Å². The van der Waals surface area contributed by atoms with Crippen LogP contribution in [0, 0.1) is 5.92 Å². The van der Waals surface area contributed by atoms with Crippen LogP contribution in [-0.2, 0) is 6.54 Å². The number of aliphatic imine (C=N–C) groups is 1. The Morgan fingerprint density at radius 1 is 1.33 bits per heavy atom. The number of nitrogens with one attached hydrogen (secondary N) is 3. The average Bonchev–Trinajstić information content (AvgIpc) is 3.20. The van der Waals surface area contributed by atoms with E-state index in [-0.39, 0.29) is 24.0 Å². The monoisotopic (exact) mass is 446 g/mol. The number of aromatic nitrogens is 3. The summed E-state index contributed by atoms with van der Waals surface area (Å²) < 4.78 is 5.27. The van der Waals surface area contributed by atoms with Crippen LogP contribution in [0.15, 0.2) is 27.8 Å². The summed E-state index contributed by atoms with van der Waals surface area (Å²) in [6, 6.07) is 3.65. The van der Waals surface area contributed by atoms with E-state index in [1.165, 1.54) is 12.8 Å². The molecule has 0 saturated heterocycles. The standard InChI is InChI=1S/C16H26N6O.HI/c1-12(2)7-4-5-9-18-16(17-3)19-11-14-20-15(22-21-14)13-8-6-10-23-13;/h6,8,10,12H,4-5,7,9,11H2,1-3H3,(H2,17,18,19)(H,20,21,22);1H. The number of rotatable bonds is 8. The van der Waals surface area contributed by atoms with Crippen LogP contribution >= 0.6 is 24.0 Å². The molecule has 0 atom stereocenters. The third kappa shape index (κ3) is 6.90. The predicted octanol–water partition coefficient (Wildman–Crippen LogP) is 3.17. The van der Waals surface area contributed by atoms with Gasteiger partial charge in [0, 0.05) is 13.6 Å². The van der Waals surface area contributed by atoms with Crippen molar-refractivity contribution in [1.29, 1.82) is 0 Å². The molecule has 0 aliphatic rings. The zero-order valence-electron chi connectivity index (χ0n) is 14.5. The van der Waals surface area contributed by atoms with Gasteiger partial charge in [0.05, 0.1) is 12.8 Å². The molecule has 7 nitrogen and oxygen atoms in total. The van der Waals surface area contributed by atoms with Gasteiger partial charge in [-0.2, -0.15) is 0 Å². The molecule has 0 fully saturated rings. The minimum Gasteiger partial charge on any atom is -0.461 e. The molecule has 0 amide bonds. The molecule has 0 radical (unpaired) electrons. The number of hydrogen-bond donors (Lipinski definition) is 3. The molecule has 0 unspecified atom stereocenters. The zero-order chi connectivity index (χ0) is 16.5. The first-order chi connectivity index (χ1) is 11.2. The van der Waals surface area contributed by atoms with E-state index in [1.54, 1.807) is 13.3 Å². The maximum Gasteiger partial charge on any atom is 0.216 e. The predicted molar refractivity (Wildman–Crippen MR) is 106 cm³/mol. The van der Waals surface area contributed by atoms with Crippen LogP contribution in [0.3, 0.4) is 0 Å². The second kappa shape index (κ2) is 11.1. The normalized spacial score (nSPS) is 11.4. The number of furan rings is 1. The first-order valence-electron chi connectivity index (χ1n) is 8.08. The summed E-state index contributed by atoms with van der Waals surface area (Å²) in [6.07, 6.45) is 5.25. The SMILES string of the molecule is CN=C(NCCCCC(C)C)NCc1nc(-c2ccco2)n[nH]1.I. The number of nitrogens with zero attached hydrogens (tertiary/aromatic N) is 3. The molecule has 2 heterocycles. The lowest BCUT2D eigenvalue weighted by atomic mass is 10.1. The van der Waals surface area contributed by atoms with E-state index in [2.05, 4.69) is 44.7 Å². The Balaban J connectivity index is 0.00000288. The van der Waals surface area contributed by atoms with Gasteiger partial charge in [0.1, 0.15) is 5.82 Å². The Labute approximate surface area is 160 Å². The molecule has 0 spiro atoms. The smallest absolute Gasteiger partial charge is 0.216 e. The molecule has 0 bridgehead atoms. The fourth-order valence-electron chi connectivity index (χ4n) is 2.16. The summed E-state index contributed by atoms with van der Waals surface area (Å²) in [6.45, 7) is 5.95. The van der Waals surface area contributed by atoms with E-state index >= 15 is 0 Å². The van der Waals surface area contributed by atoms with Gasteiger partial charge >= 0.3 is 0 Å². The van der Waals surface area contributed by atoms with Crippen LogP contribution in [-0.4, -0.2) is 34.7 Å². The molecule has 2 aromatic rings. The summed E-state index contributed by atoms with van der Waals surface area (Å²) in [7, 11) is 1.76. The maximum atomic E-state index is 5.27. The van der Waals surface area contributed by atoms with Gasteiger partial charge in [-0.1, -0.05) is 26.7 Å². The van der Waals surface area contributed by atoms with Gasteiger partial charge in [-0.05, 0) is 24.5 Å². The van der Waals surface area contributed by atoms with Crippen LogP contribution in [0.2, 0.25) is 0 Å².